The molecule has 8 nitrogen and oxygen atoms in total. The molecule has 0 radical (unpaired) electrons. The number of anilines is 1. The molecule has 1 unspecified atom stereocenters. The van der Waals surface area contributed by atoms with E-state index in [1.54, 1.807) is 6.07 Å². The van der Waals surface area contributed by atoms with E-state index in [1.165, 1.54) is 25.1 Å². The quantitative estimate of drug-likeness (QED) is 0.416. The third-order valence-corrected chi connectivity index (χ3v) is 4.91. The van der Waals surface area contributed by atoms with Gasteiger partial charge in [0, 0.05) is 5.69 Å². The molecule has 3 amide bonds. The Hall–Kier alpha value is -3.68. The number of carbonyl (C=O) groups excluding carboxylic acids is 4. The van der Waals surface area contributed by atoms with Gasteiger partial charge < -0.3 is 5.32 Å². The summed E-state index contributed by atoms with van der Waals surface area (Å²) >= 11 is 0. The van der Waals surface area contributed by atoms with Gasteiger partial charge in [-0.1, -0.05) is 26.0 Å². The lowest BCUT2D eigenvalue weighted by atomic mass is 10.0. The maximum Gasteiger partial charge on any atom is 0.259 e. The van der Waals surface area contributed by atoms with Gasteiger partial charge in [-0.15, -0.1) is 0 Å². The second kappa shape index (κ2) is 8.77. The van der Waals surface area contributed by atoms with Gasteiger partial charge in [0.1, 0.15) is 0 Å². The summed E-state index contributed by atoms with van der Waals surface area (Å²) in [4.78, 5) is 48.2. The van der Waals surface area contributed by atoms with Gasteiger partial charge in [0.05, 0.1) is 16.8 Å². The third kappa shape index (κ3) is 4.17. The highest BCUT2D eigenvalue weighted by Crippen LogP contribution is 2.24. The van der Waals surface area contributed by atoms with Gasteiger partial charge >= 0.3 is 0 Å². The molecule has 0 bridgehead atoms. The molecule has 0 saturated heterocycles. The van der Waals surface area contributed by atoms with E-state index in [9.17, 15) is 19.2 Å². The van der Waals surface area contributed by atoms with Crippen LogP contribution < -0.4 is 10.6 Å². The average molecular weight is 406 g/mol. The standard InChI is InChI=1S/C22H22N4O4/c1-4-13-7-6-8-18(15(13)5-2)23-22(30)19(12(3)27)26-25-14-9-10-16-17(11-14)21(29)24-20(16)28/h6-11,19H,4-5H2,1-3H3,(H,23,30)(H,24,28,29). The highest BCUT2D eigenvalue weighted by atomic mass is 16.2. The average Bonchev–Trinajstić information content (AvgIpc) is 3.00. The predicted molar refractivity (Wildman–Crippen MR) is 111 cm³/mol. The molecule has 30 heavy (non-hydrogen) atoms. The second-order valence-corrected chi connectivity index (χ2v) is 6.88. The molecule has 0 spiro atoms. The Bertz CT molecular complexity index is 1070. The van der Waals surface area contributed by atoms with Crippen molar-refractivity contribution in [3.8, 4) is 0 Å². The van der Waals surface area contributed by atoms with Gasteiger partial charge in [0.15, 0.2) is 5.78 Å². The molecular weight excluding hydrogens is 384 g/mol. The number of fused-ring (bicyclic) bond motifs is 1. The number of azo groups is 1. The zero-order valence-corrected chi connectivity index (χ0v) is 17.0. The van der Waals surface area contributed by atoms with E-state index in [1.807, 2.05) is 26.0 Å². The molecule has 0 saturated carbocycles. The zero-order valence-electron chi connectivity index (χ0n) is 17.0. The number of Topliss-reactive ketones (excluding diaryl/α,β-unsaturated/α-hetero) is 1. The number of benzene rings is 2. The third-order valence-electron chi connectivity index (χ3n) is 4.91. The Morgan fingerprint density at radius 1 is 1.03 bits per heavy atom. The highest BCUT2D eigenvalue weighted by Gasteiger charge is 2.27. The van der Waals surface area contributed by atoms with Crippen LogP contribution >= 0.6 is 0 Å². The number of nitrogens with one attached hydrogen (secondary N) is 2. The number of hydrogen-bond acceptors (Lipinski definition) is 6. The lowest BCUT2D eigenvalue weighted by Gasteiger charge is -2.15. The van der Waals surface area contributed by atoms with Crippen molar-refractivity contribution in [2.75, 3.05) is 5.32 Å². The number of ketones is 1. The first kappa shape index (κ1) is 21.0. The van der Waals surface area contributed by atoms with Crippen molar-refractivity contribution in [1.29, 1.82) is 0 Å². The van der Waals surface area contributed by atoms with Gasteiger partial charge in [0.25, 0.3) is 17.7 Å². The number of amides is 3. The topological polar surface area (TPSA) is 117 Å². The van der Waals surface area contributed by atoms with Gasteiger partial charge in [-0.2, -0.15) is 10.2 Å². The van der Waals surface area contributed by atoms with E-state index in [0.29, 0.717) is 5.69 Å². The lowest BCUT2D eigenvalue weighted by molar-refractivity contribution is -0.126. The summed E-state index contributed by atoms with van der Waals surface area (Å²) in [7, 11) is 0. The van der Waals surface area contributed by atoms with Crippen LogP contribution in [0.3, 0.4) is 0 Å². The minimum atomic E-state index is -1.33. The van der Waals surface area contributed by atoms with Crippen molar-refractivity contribution in [3.05, 3.63) is 58.7 Å². The fourth-order valence-corrected chi connectivity index (χ4v) is 3.36. The van der Waals surface area contributed by atoms with Gasteiger partial charge in [-0.3, -0.25) is 24.5 Å². The molecule has 3 rings (SSSR count). The summed E-state index contributed by atoms with van der Waals surface area (Å²) in [5.74, 6) is -2.03. The summed E-state index contributed by atoms with van der Waals surface area (Å²) in [5.41, 5.74) is 3.49. The minimum Gasteiger partial charge on any atom is -0.323 e. The first-order valence-electron chi connectivity index (χ1n) is 9.68. The van der Waals surface area contributed by atoms with Crippen molar-refractivity contribution in [2.24, 2.45) is 10.2 Å². The van der Waals surface area contributed by atoms with Crippen LogP contribution in [-0.4, -0.2) is 29.5 Å². The molecule has 0 fully saturated rings. The number of hydrogen-bond donors (Lipinski definition) is 2. The lowest BCUT2D eigenvalue weighted by Crippen LogP contribution is -2.32. The predicted octanol–water partition coefficient (Wildman–Crippen LogP) is 3.38. The molecule has 2 aromatic rings. The second-order valence-electron chi connectivity index (χ2n) is 6.88. The van der Waals surface area contributed by atoms with Crippen molar-refractivity contribution >= 4 is 34.9 Å². The molecule has 2 N–H and O–H groups in total. The van der Waals surface area contributed by atoms with E-state index >= 15 is 0 Å². The van der Waals surface area contributed by atoms with Gasteiger partial charge in [0.2, 0.25) is 6.04 Å². The van der Waals surface area contributed by atoms with Gasteiger partial charge in [-0.05, 0) is 55.2 Å². The summed E-state index contributed by atoms with van der Waals surface area (Å²) in [6.45, 7) is 5.31. The van der Waals surface area contributed by atoms with Crippen LogP contribution in [0, 0.1) is 0 Å². The van der Waals surface area contributed by atoms with E-state index in [-0.39, 0.29) is 16.8 Å². The monoisotopic (exact) mass is 406 g/mol. The smallest absolute Gasteiger partial charge is 0.259 e. The molecule has 1 aliphatic rings. The Balaban J connectivity index is 1.83. The number of carbonyl (C=O) groups is 4. The van der Waals surface area contributed by atoms with Crippen LogP contribution in [0.2, 0.25) is 0 Å². The normalized spacial score (nSPS) is 13.8. The van der Waals surface area contributed by atoms with E-state index in [4.69, 9.17) is 0 Å². The largest absolute Gasteiger partial charge is 0.323 e. The molecule has 1 aliphatic heterocycles. The molecule has 1 heterocycles. The summed E-state index contributed by atoms with van der Waals surface area (Å²) in [6, 6.07) is 8.67. The molecule has 8 heteroatoms. The SMILES string of the molecule is CCc1cccc(NC(=O)C(N=Nc2ccc3c(c2)C(=O)NC3=O)C(C)=O)c1CC. The van der Waals surface area contributed by atoms with Crippen LogP contribution in [0.4, 0.5) is 11.4 Å². The minimum absolute atomic E-state index is 0.184. The molecule has 0 aliphatic carbocycles. The van der Waals surface area contributed by atoms with Crippen molar-refractivity contribution < 1.29 is 19.2 Å². The van der Waals surface area contributed by atoms with Gasteiger partial charge in [-0.25, -0.2) is 0 Å². The zero-order chi connectivity index (χ0) is 21.8. The van der Waals surface area contributed by atoms with Crippen LogP contribution in [0.1, 0.15) is 52.6 Å². The van der Waals surface area contributed by atoms with Crippen molar-refractivity contribution in [2.45, 2.75) is 39.7 Å². The molecule has 1 atom stereocenters. The molecular formula is C22H22N4O4. The van der Waals surface area contributed by atoms with Crippen LogP contribution in [0.5, 0.6) is 0 Å². The maximum atomic E-state index is 12.7. The first-order valence-corrected chi connectivity index (χ1v) is 9.68. The first-order chi connectivity index (χ1) is 14.3. The van der Waals surface area contributed by atoms with Crippen molar-refractivity contribution in [3.63, 3.8) is 0 Å². The number of aryl methyl sites for hydroxylation is 1. The fraction of sp³-hybridized carbons (Fsp3) is 0.273. The van der Waals surface area contributed by atoms with Crippen LogP contribution in [0.25, 0.3) is 0 Å². The van der Waals surface area contributed by atoms with Crippen LogP contribution in [-0.2, 0) is 22.4 Å². The van der Waals surface area contributed by atoms with E-state index in [2.05, 4.69) is 20.9 Å². The summed E-state index contributed by atoms with van der Waals surface area (Å²) in [5, 5.41) is 12.8. The van der Waals surface area contributed by atoms with Crippen LogP contribution in [0.15, 0.2) is 46.6 Å². The molecule has 2 aromatic carbocycles. The fourth-order valence-electron chi connectivity index (χ4n) is 3.36. The Morgan fingerprint density at radius 3 is 2.43 bits per heavy atom. The Morgan fingerprint density at radius 2 is 1.77 bits per heavy atom. The number of imide groups is 1. The molecule has 0 aromatic heterocycles. The maximum absolute atomic E-state index is 12.7. The number of nitrogens with zero attached hydrogens (tertiary/aromatic N) is 2. The Kier molecular flexibility index (Phi) is 6.15. The Labute approximate surface area is 173 Å². The highest BCUT2D eigenvalue weighted by molar-refractivity contribution is 6.21. The molecule has 154 valence electrons. The van der Waals surface area contributed by atoms with E-state index < -0.39 is 29.5 Å². The summed E-state index contributed by atoms with van der Waals surface area (Å²) < 4.78 is 0. The van der Waals surface area contributed by atoms with E-state index in [0.717, 1.165) is 24.0 Å². The number of rotatable bonds is 7. The van der Waals surface area contributed by atoms with Crippen molar-refractivity contribution in [1.82, 2.24) is 5.32 Å². The summed E-state index contributed by atoms with van der Waals surface area (Å²) in [6.07, 6.45) is 1.57.